The molecule has 0 saturated carbocycles. The number of pyridine rings is 1. The van der Waals surface area contributed by atoms with Gasteiger partial charge >= 0.3 is 0 Å². The van der Waals surface area contributed by atoms with Crippen molar-refractivity contribution in [2.24, 2.45) is 0 Å². The molecular formula is C13H22N2O2. The highest BCUT2D eigenvalue weighted by Crippen LogP contribution is 2.29. The molecule has 0 aromatic carbocycles. The lowest BCUT2D eigenvalue weighted by atomic mass is 10.1. The van der Waals surface area contributed by atoms with Crippen LogP contribution < -0.4 is 9.64 Å². The van der Waals surface area contributed by atoms with Crippen LogP contribution in [0.25, 0.3) is 0 Å². The summed E-state index contributed by atoms with van der Waals surface area (Å²) in [5, 5.41) is 9.38. The highest BCUT2D eigenvalue weighted by atomic mass is 16.5. The fourth-order valence-corrected chi connectivity index (χ4v) is 1.35. The van der Waals surface area contributed by atoms with E-state index in [1.807, 2.05) is 37.9 Å². The zero-order valence-electron chi connectivity index (χ0n) is 11.1. The van der Waals surface area contributed by atoms with Gasteiger partial charge in [0.25, 0.3) is 0 Å². The zero-order valence-corrected chi connectivity index (χ0v) is 11.1. The Bertz CT molecular complexity index is 353. The first-order valence-corrected chi connectivity index (χ1v) is 5.95. The standard InChI is InChI=1S/C13H22N2O2/c1-5-9-17-11-7-6-8-14-12(11)15(4)13(2,3)10-16/h6-8,16H,5,9-10H2,1-4H3. The van der Waals surface area contributed by atoms with Gasteiger partial charge in [0.15, 0.2) is 11.6 Å². The van der Waals surface area contributed by atoms with Gasteiger partial charge in [-0.25, -0.2) is 4.98 Å². The molecule has 0 aliphatic carbocycles. The molecule has 0 aliphatic heterocycles. The molecule has 0 bridgehead atoms. The largest absolute Gasteiger partial charge is 0.490 e. The Hall–Kier alpha value is -1.29. The van der Waals surface area contributed by atoms with Crippen LogP contribution in [0.2, 0.25) is 0 Å². The maximum absolute atomic E-state index is 9.38. The van der Waals surface area contributed by atoms with Gasteiger partial charge < -0.3 is 14.7 Å². The summed E-state index contributed by atoms with van der Waals surface area (Å²) in [5.41, 5.74) is -0.362. The van der Waals surface area contributed by atoms with E-state index in [1.54, 1.807) is 6.20 Å². The Balaban J connectivity index is 2.96. The molecule has 4 nitrogen and oxygen atoms in total. The fourth-order valence-electron chi connectivity index (χ4n) is 1.35. The Morgan fingerprint density at radius 3 is 2.76 bits per heavy atom. The van der Waals surface area contributed by atoms with Crippen molar-refractivity contribution in [2.45, 2.75) is 32.7 Å². The van der Waals surface area contributed by atoms with Crippen molar-refractivity contribution in [2.75, 3.05) is 25.2 Å². The van der Waals surface area contributed by atoms with Crippen molar-refractivity contribution in [1.29, 1.82) is 0 Å². The van der Waals surface area contributed by atoms with E-state index in [-0.39, 0.29) is 12.1 Å². The molecule has 1 rings (SSSR count). The van der Waals surface area contributed by atoms with E-state index < -0.39 is 0 Å². The predicted molar refractivity (Wildman–Crippen MR) is 69.6 cm³/mol. The summed E-state index contributed by atoms with van der Waals surface area (Å²) in [6, 6.07) is 3.76. The highest BCUT2D eigenvalue weighted by Gasteiger charge is 2.25. The van der Waals surface area contributed by atoms with Gasteiger partial charge in [0.05, 0.1) is 18.8 Å². The number of nitrogens with zero attached hydrogens (tertiary/aromatic N) is 2. The molecule has 1 aromatic heterocycles. The van der Waals surface area contributed by atoms with E-state index >= 15 is 0 Å². The summed E-state index contributed by atoms with van der Waals surface area (Å²) >= 11 is 0. The van der Waals surface area contributed by atoms with Gasteiger partial charge in [-0.15, -0.1) is 0 Å². The number of likely N-dealkylation sites (N-methyl/N-ethyl adjacent to an activating group) is 1. The highest BCUT2D eigenvalue weighted by molar-refractivity contribution is 5.53. The summed E-state index contributed by atoms with van der Waals surface area (Å²) in [7, 11) is 1.91. The average Bonchev–Trinajstić information content (AvgIpc) is 2.35. The zero-order chi connectivity index (χ0) is 12.9. The van der Waals surface area contributed by atoms with Crippen molar-refractivity contribution in [3.63, 3.8) is 0 Å². The first kappa shape index (κ1) is 13.8. The third-order valence-electron chi connectivity index (χ3n) is 2.83. The van der Waals surface area contributed by atoms with Gasteiger partial charge in [0, 0.05) is 13.2 Å². The van der Waals surface area contributed by atoms with Crippen LogP contribution in [0.15, 0.2) is 18.3 Å². The van der Waals surface area contributed by atoms with Crippen LogP contribution in [0.4, 0.5) is 5.82 Å². The molecule has 0 unspecified atom stereocenters. The lowest BCUT2D eigenvalue weighted by Crippen LogP contribution is -2.45. The van der Waals surface area contributed by atoms with Crippen LogP contribution in [-0.4, -0.2) is 35.9 Å². The Labute approximate surface area is 103 Å². The Morgan fingerprint density at radius 2 is 2.18 bits per heavy atom. The van der Waals surface area contributed by atoms with Gasteiger partial charge in [-0.2, -0.15) is 0 Å². The minimum atomic E-state index is -0.362. The molecule has 4 heteroatoms. The van der Waals surface area contributed by atoms with Gasteiger partial charge in [0.1, 0.15) is 0 Å². The summed E-state index contributed by atoms with van der Waals surface area (Å²) < 4.78 is 5.66. The molecule has 0 radical (unpaired) electrons. The number of aromatic nitrogens is 1. The molecule has 17 heavy (non-hydrogen) atoms. The van der Waals surface area contributed by atoms with Crippen molar-refractivity contribution in [1.82, 2.24) is 4.98 Å². The second-order valence-corrected chi connectivity index (χ2v) is 4.70. The molecule has 0 saturated heterocycles. The van der Waals surface area contributed by atoms with Crippen molar-refractivity contribution >= 4 is 5.82 Å². The van der Waals surface area contributed by atoms with E-state index in [9.17, 15) is 5.11 Å². The van der Waals surface area contributed by atoms with Crippen LogP contribution in [-0.2, 0) is 0 Å². The molecule has 0 amide bonds. The number of hydrogen-bond acceptors (Lipinski definition) is 4. The number of rotatable bonds is 6. The van der Waals surface area contributed by atoms with Crippen molar-refractivity contribution in [3.8, 4) is 5.75 Å². The molecule has 1 aromatic rings. The van der Waals surface area contributed by atoms with Crippen LogP contribution in [0, 0.1) is 0 Å². The molecule has 0 fully saturated rings. The normalized spacial score (nSPS) is 11.4. The molecule has 0 atom stereocenters. The van der Waals surface area contributed by atoms with Gasteiger partial charge in [0.2, 0.25) is 0 Å². The first-order chi connectivity index (χ1) is 8.03. The minimum absolute atomic E-state index is 0.0628. The van der Waals surface area contributed by atoms with E-state index in [0.717, 1.165) is 18.0 Å². The summed E-state index contributed by atoms with van der Waals surface area (Å²) in [6.45, 7) is 6.73. The molecule has 0 spiro atoms. The maximum atomic E-state index is 9.38. The fraction of sp³-hybridized carbons (Fsp3) is 0.615. The lowest BCUT2D eigenvalue weighted by molar-refractivity contribution is 0.214. The Morgan fingerprint density at radius 1 is 1.47 bits per heavy atom. The summed E-state index contributed by atoms with van der Waals surface area (Å²) in [6.07, 6.45) is 2.69. The van der Waals surface area contributed by atoms with Gasteiger partial charge in [-0.1, -0.05) is 6.92 Å². The smallest absolute Gasteiger partial charge is 0.171 e. The van der Waals surface area contributed by atoms with Gasteiger partial charge in [-0.05, 0) is 32.4 Å². The Kier molecular flexibility index (Phi) is 4.75. The third-order valence-corrected chi connectivity index (χ3v) is 2.83. The maximum Gasteiger partial charge on any atom is 0.171 e. The lowest BCUT2D eigenvalue weighted by Gasteiger charge is -2.35. The molecular weight excluding hydrogens is 216 g/mol. The minimum Gasteiger partial charge on any atom is -0.490 e. The van der Waals surface area contributed by atoms with E-state index in [1.165, 1.54) is 0 Å². The quantitative estimate of drug-likeness (QED) is 0.824. The molecule has 1 heterocycles. The first-order valence-electron chi connectivity index (χ1n) is 5.95. The van der Waals surface area contributed by atoms with Crippen LogP contribution in [0.1, 0.15) is 27.2 Å². The average molecular weight is 238 g/mol. The number of aliphatic hydroxyl groups is 1. The molecule has 0 aliphatic rings. The van der Waals surface area contributed by atoms with E-state index in [2.05, 4.69) is 11.9 Å². The topological polar surface area (TPSA) is 45.6 Å². The van der Waals surface area contributed by atoms with Crippen LogP contribution in [0.5, 0.6) is 5.75 Å². The second kappa shape index (κ2) is 5.87. The monoisotopic (exact) mass is 238 g/mol. The van der Waals surface area contributed by atoms with E-state index in [4.69, 9.17) is 4.74 Å². The van der Waals surface area contributed by atoms with Crippen molar-refractivity contribution < 1.29 is 9.84 Å². The number of ether oxygens (including phenoxy) is 1. The predicted octanol–water partition coefficient (Wildman–Crippen LogP) is 2.08. The second-order valence-electron chi connectivity index (χ2n) is 4.70. The van der Waals surface area contributed by atoms with Crippen molar-refractivity contribution in [3.05, 3.63) is 18.3 Å². The third kappa shape index (κ3) is 3.33. The van der Waals surface area contributed by atoms with Crippen LogP contribution >= 0.6 is 0 Å². The molecule has 1 N–H and O–H groups in total. The van der Waals surface area contributed by atoms with Gasteiger partial charge in [-0.3, -0.25) is 0 Å². The summed E-state index contributed by atoms with van der Waals surface area (Å²) in [5.74, 6) is 1.53. The van der Waals surface area contributed by atoms with E-state index in [0.29, 0.717) is 6.61 Å². The molecule has 96 valence electrons. The number of anilines is 1. The number of aliphatic hydroxyl groups excluding tert-OH is 1. The van der Waals surface area contributed by atoms with Crippen LogP contribution in [0.3, 0.4) is 0 Å². The SMILES string of the molecule is CCCOc1cccnc1N(C)C(C)(C)CO. The summed E-state index contributed by atoms with van der Waals surface area (Å²) in [4.78, 5) is 6.28. The number of hydrogen-bond donors (Lipinski definition) is 1.